The van der Waals surface area contributed by atoms with E-state index in [2.05, 4.69) is 15.4 Å². The lowest BCUT2D eigenvalue weighted by Gasteiger charge is -2.09. The number of nitrogens with zero attached hydrogens (tertiary/aromatic N) is 4. The molecule has 0 aliphatic carbocycles. The summed E-state index contributed by atoms with van der Waals surface area (Å²) in [5, 5.41) is 11.9. The van der Waals surface area contributed by atoms with Gasteiger partial charge in [-0.25, -0.2) is 0 Å². The van der Waals surface area contributed by atoms with Crippen LogP contribution in [0, 0.1) is 0 Å². The zero-order chi connectivity index (χ0) is 16.1. The first kappa shape index (κ1) is 15.2. The third-order valence-corrected chi connectivity index (χ3v) is 3.48. The van der Waals surface area contributed by atoms with E-state index >= 15 is 0 Å². The molecular weight excluding hydrogens is 290 g/mol. The Balaban J connectivity index is 1.56. The number of hydrogen-bond donors (Lipinski definition) is 1. The Kier molecular flexibility index (Phi) is 4.63. The molecule has 23 heavy (non-hydrogen) atoms. The molecule has 0 saturated heterocycles. The fourth-order valence-electron chi connectivity index (χ4n) is 2.26. The molecule has 6 nitrogen and oxygen atoms in total. The van der Waals surface area contributed by atoms with Gasteiger partial charge in [-0.1, -0.05) is 42.5 Å². The molecule has 1 aromatic heterocycles. The highest BCUT2D eigenvalue weighted by molar-refractivity contribution is 5.28. The third kappa shape index (κ3) is 4.14. The molecule has 0 unspecified atom stereocenters. The Labute approximate surface area is 134 Å². The summed E-state index contributed by atoms with van der Waals surface area (Å²) in [5.41, 5.74) is 8.36. The number of ether oxygens (including phenoxy) is 1. The Bertz CT molecular complexity index is 739. The van der Waals surface area contributed by atoms with Gasteiger partial charge >= 0.3 is 0 Å². The maximum absolute atomic E-state index is 6.10. The SMILES string of the molecule is Cn1nnc([C@@H](N)Cc2ccc(OCc3ccccc3)cc2)n1. The van der Waals surface area contributed by atoms with Crippen molar-refractivity contribution in [3.63, 3.8) is 0 Å². The van der Waals surface area contributed by atoms with Gasteiger partial charge < -0.3 is 10.5 Å². The average Bonchev–Trinajstić information content (AvgIpc) is 3.02. The van der Waals surface area contributed by atoms with Crippen LogP contribution in [0.5, 0.6) is 5.75 Å². The van der Waals surface area contributed by atoms with Crippen molar-refractivity contribution in [1.82, 2.24) is 20.2 Å². The fourth-order valence-corrected chi connectivity index (χ4v) is 2.26. The van der Waals surface area contributed by atoms with Crippen LogP contribution >= 0.6 is 0 Å². The van der Waals surface area contributed by atoms with Crippen LogP contribution in [-0.4, -0.2) is 20.2 Å². The molecule has 2 N–H and O–H groups in total. The van der Waals surface area contributed by atoms with Crippen LogP contribution in [0.4, 0.5) is 0 Å². The van der Waals surface area contributed by atoms with Gasteiger partial charge in [-0.05, 0) is 34.9 Å². The number of hydrogen-bond acceptors (Lipinski definition) is 5. The molecule has 2 aromatic carbocycles. The van der Waals surface area contributed by atoms with Crippen LogP contribution in [0.1, 0.15) is 23.0 Å². The molecule has 6 heteroatoms. The molecule has 3 rings (SSSR count). The molecule has 0 bridgehead atoms. The second-order valence-electron chi connectivity index (χ2n) is 5.37. The lowest BCUT2D eigenvalue weighted by molar-refractivity contribution is 0.306. The van der Waals surface area contributed by atoms with Crippen molar-refractivity contribution < 1.29 is 4.74 Å². The third-order valence-electron chi connectivity index (χ3n) is 3.48. The van der Waals surface area contributed by atoms with Gasteiger partial charge in [-0.15, -0.1) is 10.2 Å². The highest BCUT2D eigenvalue weighted by atomic mass is 16.5. The van der Waals surface area contributed by atoms with Crippen molar-refractivity contribution in [2.75, 3.05) is 0 Å². The first-order valence-corrected chi connectivity index (χ1v) is 7.46. The molecule has 0 amide bonds. The lowest BCUT2D eigenvalue weighted by atomic mass is 10.1. The summed E-state index contributed by atoms with van der Waals surface area (Å²) >= 11 is 0. The minimum absolute atomic E-state index is 0.264. The quantitative estimate of drug-likeness (QED) is 0.753. The second-order valence-corrected chi connectivity index (χ2v) is 5.37. The van der Waals surface area contributed by atoms with Crippen molar-refractivity contribution in [3.05, 3.63) is 71.5 Å². The second kappa shape index (κ2) is 7.02. The summed E-state index contributed by atoms with van der Waals surface area (Å²) < 4.78 is 5.77. The van der Waals surface area contributed by atoms with Crippen LogP contribution < -0.4 is 10.5 Å². The van der Waals surface area contributed by atoms with Crippen molar-refractivity contribution in [3.8, 4) is 5.75 Å². The van der Waals surface area contributed by atoms with Crippen molar-refractivity contribution in [2.45, 2.75) is 19.1 Å². The molecule has 0 saturated carbocycles. The van der Waals surface area contributed by atoms with Crippen molar-refractivity contribution in [2.24, 2.45) is 12.8 Å². The minimum Gasteiger partial charge on any atom is -0.489 e. The van der Waals surface area contributed by atoms with E-state index in [9.17, 15) is 0 Å². The molecule has 118 valence electrons. The number of rotatable bonds is 6. The van der Waals surface area contributed by atoms with E-state index in [4.69, 9.17) is 10.5 Å². The maximum atomic E-state index is 6.10. The zero-order valence-corrected chi connectivity index (χ0v) is 13.0. The smallest absolute Gasteiger partial charge is 0.191 e. The summed E-state index contributed by atoms with van der Waals surface area (Å²) in [4.78, 5) is 1.41. The van der Waals surface area contributed by atoms with Crippen LogP contribution in [0.15, 0.2) is 54.6 Å². The van der Waals surface area contributed by atoms with Crippen LogP contribution in [0.2, 0.25) is 0 Å². The van der Waals surface area contributed by atoms with Gasteiger partial charge in [0.15, 0.2) is 5.82 Å². The normalized spacial score (nSPS) is 12.1. The van der Waals surface area contributed by atoms with Gasteiger partial charge in [-0.3, -0.25) is 0 Å². The van der Waals surface area contributed by atoms with E-state index in [1.807, 2.05) is 54.6 Å². The van der Waals surface area contributed by atoms with Gasteiger partial charge in [0.2, 0.25) is 0 Å². The standard InChI is InChI=1S/C17H19N5O/c1-22-20-17(19-21-22)16(18)11-13-7-9-15(10-8-13)23-12-14-5-3-2-4-6-14/h2-10,16H,11-12,18H2,1H3/t16-/m0/s1. The van der Waals surface area contributed by atoms with E-state index in [1.54, 1.807) is 7.05 Å². The van der Waals surface area contributed by atoms with E-state index in [1.165, 1.54) is 4.80 Å². The first-order chi connectivity index (χ1) is 11.2. The highest BCUT2D eigenvalue weighted by Crippen LogP contribution is 2.17. The minimum atomic E-state index is -0.264. The largest absolute Gasteiger partial charge is 0.489 e. The van der Waals surface area contributed by atoms with Gasteiger partial charge in [-0.2, -0.15) is 4.80 Å². The molecule has 0 fully saturated rings. The van der Waals surface area contributed by atoms with E-state index in [0.29, 0.717) is 18.9 Å². The summed E-state index contributed by atoms with van der Waals surface area (Å²) in [6, 6.07) is 17.8. The number of aromatic nitrogens is 4. The predicted molar refractivity (Wildman–Crippen MR) is 86.6 cm³/mol. The monoisotopic (exact) mass is 309 g/mol. The van der Waals surface area contributed by atoms with Gasteiger partial charge in [0.05, 0.1) is 13.1 Å². The number of aryl methyl sites for hydroxylation is 1. The maximum Gasteiger partial charge on any atom is 0.191 e. The molecule has 0 aliphatic rings. The number of benzene rings is 2. The number of tetrazole rings is 1. The van der Waals surface area contributed by atoms with Crippen molar-refractivity contribution in [1.29, 1.82) is 0 Å². The Morgan fingerprint density at radius 2 is 1.78 bits per heavy atom. The van der Waals surface area contributed by atoms with Gasteiger partial charge in [0.25, 0.3) is 0 Å². The van der Waals surface area contributed by atoms with E-state index < -0.39 is 0 Å². The Morgan fingerprint density at radius 1 is 1.04 bits per heavy atom. The molecule has 1 atom stereocenters. The van der Waals surface area contributed by atoms with E-state index in [-0.39, 0.29) is 6.04 Å². The highest BCUT2D eigenvalue weighted by Gasteiger charge is 2.12. The predicted octanol–water partition coefficient (Wildman–Crippen LogP) is 2.03. The Hall–Kier alpha value is -2.73. The van der Waals surface area contributed by atoms with Crippen LogP contribution in [0.3, 0.4) is 0 Å². The first-order valence-electron chi connectivity index (χ1n) is 7.46. The number of nitrogens with two attached hydrogens (primary N) is 1. The fraction of sp³-hybridized carbons (Fsp3) is 0.235. The molecule has 1 heterocycles. The lowest BCUT2D eigenvalue weighted by Crippen LogP contribution is -2.15. The summed E-state index contributed by atoms with van der Waals surface area (Å²) in [6.07, 6.45) is 0.657. The zero-order valence-electron chi connectivity index (χ0n) is 13.0. The summed E-state index contributed by atoms with van der Waals surface area (Å²) in [5.74, 6) is 1.39. The Morgan fingerprint density at radius 3 is 2.43 bits per heavy atom. The van der Waals surface area contributed by atoms with Crippen LogP contribution in [0.25, 0.3) is 0 Å². The molecule has 0 radical (unpaired) electrons. The topological polar surface area (TPSA) is 78.9 Å². The van der Waals surface area contributed by atoms with Crippen LogP contribution in [-0.2, 0) is 20.1 Å². The summed E-state index contributed by atoms with van der Waals surface area (Å²) in [7, 11) is 1.72. The van der Waals surface area contributed by atoms with Crippen molar-refractivity contribution >= 4 is 0 Å². The molecule has 3 aromatic rings. The van der Waals surface area contributed by atoms with E-state index in [0.717, 1.165) is 16.9 Å². The average molecular weight is 309 g/mol. The van der Waals surface area contributed by atoms with Gasteiger partial charge in [0.1, 0.15) is 12.4 Å². The molecular formula is C17H19N5O. The molecule has 0 aliphatic heterocycles. The van der Waals surface area contributed by atoms with Gasteiger partial charge in [0, 0.05) is 0 Å². The molecule has 0 spiro atoms. The summed E-state index contributed by atoms with van der Waals surface area (Å²) in [6.45, 7) is 0.559.